The molecule has 0 spiro atoms. The number of piperidine rings is 1. The number of hydrogen-bond acceptors (Lipinski definition) is 5. The van der Waals surface area contributed by atoms with Crippen molar-refractivity contribution in [3.05, 3.63) is 46.3 Å². The van der Waals surface area contributed by atoms with E-state index < -0.39 is 0 Å². The number of nitrogens with zero attached hydrogens (tertiary/aromatic N) is 2. The van der Waals surface area contributed by atoms with Gasteiger partial charge in [0.15, 0.2) is 0 Å². The first kappa shape index (κ1) is 16.0. The van der Waals surface area contributed by atoms with Crippen molar-refractivity contribution < 1.29 is 9.90 Å². The highest BCUT2D eigenvalue weighted by Crippen LogP contribution is 2.21. The van der Waals surface area contributed by atoms with E-state index in [1.54, 1.807) is 17.5 Å². The summed E-state index contributed by atoms with van der Waals surface area (Å²) >= 11 is 1.59. The van der Waals surface area contributed by atoms with E-state index in [4.69, 9.17) is 0 Å². The van der Waals surface area contributed by atoms with Crippen LogP contribution in [-0.4, -0.2) is 35.2 Å². The molecular formula is C17H21N3O2S. The summed E-state index contributed by atoms with van der Waals surface area (Å²) in [5, 5.41) is 14.8. The van der Waals surface area contributed by atoms with Gasteiger partial charge >= 0.3 is 0 Å². The minimum absolute atomic E-state index is 0.0148. The van der Waals surface area contributed by atoms with Crippen molar-refractivity contribution in [3.63, 3.8) is 0 Å². The number of rotatable bonds is 5. The van der Waals surface area contributed by atoms with Gasteiger partial charge in [-0.2, -0.15) is 0 Å². The minimum atomic E-state index is -0.299. The molecule has 2 N–H and O–H groups in total. The van der Waals surface area contributed by atoms with Crippen LogP contribution in [0.5, 0.6) is 0 Å². The standard InChI is InChI=1S/C17H21N3O2S/c21-14-5-2-8-20(12-14)17-13(4-1-7-18-17)11-19-16(22)10-15-6-3-9-23-15/h1,3-4,6-7,9,14,21H,2,5,8,10-12H2,(H,19,22)/t14-/m0/s1. The highest BCUT2D eigenvalue weighted by Gasteiger charge is 2.21. The average molecular weight is 331 g/mol. The maximum Gasteiger partial charge on any atom is 0.225 e. The monoisotopic (exact) mass is 331 g/mol. The summed E-state index contributed by atoms with van der Waals surface area (Å²) in [4.78, 5) is 19.7. The molecule has 2 aromatic rings. The number of aliphatic hydroxyl groups excluding tert-OH is 1. The van der Waals surface area contributed by atoms with Crippen LogP contribution in [0.15, 0.2) is 35.8 Å². The number of hydrogen-bond donors (Lipinski definition) is 2. The molecule has 3 rings (SSSR count). The van der Waals surface area contributed by atoms with Crippen molar-refractivity contribution in [2.45, 2.75) is 31.9 Å². The Balaban J connectivity index is 1.62. The minimum Gasteiger partial charge on any atom is -0.391 e. The van der Waals surface area contributed by atoms with Gasteiger partial charge in [-0.25, -0.2) is 4.98 Å². The van der Waals surface area contributed by atoms with Crippen molar-refractivity contribution in [3.8, 4) is 0 Å². The Morgan fingerprint density at radius 2 is 2.35 bits per heavy atom. The summed E-state index contributed by atoms with van der Waals surface area (Å²) in [5.74, 6) is 0.878. The van der Waals surface area contributed by atoms with Crippen LogP contribution in [0.3, 0.4) is 0 Å². The number of amides is 1. The Kier molecular flexibility index (Phi) is 5.25. The first-order chi connectivity index (χ1) is 11.2. The molecule has 0 radical (unpaired) electrons. The number of thiophene rings is 1. The molecular weight excluding hydrogens is 310 g/mol. The van der Waals surface area contributed by atoms with Crippen molar-refractivity contribution in [1.82, 2.24) is 10.3 Å². The van der Waals surface area contributed by atoms with Crippen LogP contribution in [0.2, 0.25) is 0 Å². The first-order valence-corrected chi connectivity index (χ1v) is 8.76. The van der Waals surface area contributed by atoms with E-state index in [1.807, 2.05) is 29.6 Å². The molecule has 0 saturated carbocycles. The molecule has 1 fully saturated rings. The quantitative estimate of drug-likeness (QED) is 0.879. The van der Waals surface area contributed by atoms with Gasteiger partial charge in [0, 0.05) is 36.3 Å². The van der Waals surface area contributed by atoms with Crippen LogP contribution < -0.4 is 10.2 Å². The Morgan fingerprint density at radius 3 is 3.13 bits per heavy atom. The molecule has 0 bridgehead atoms. The molecule has 1 atom stereocenters. The predicted molar refractivity (Wildman–Crippen MR) is 91.6 cm³/mol. The van der Waals surface area contributed by atoms with E-state index in [-0.39, 0.29) is 12.0 Å². The van der Waals surface area contributed by atoms with Crippen molar-refractivity contribution in [2.75, 3.05) is 18.0 Å². The smallest absolute Gasteiger partial charge is 0.225 e. The van der Waals surface area contributed by atoms with Crippen LogP contribution in [0.4, 0.5) is 5.82 Å². The van der Waals surface area contributed by atoms with Gasteiger partial charge in [0.1, 0.15) is 5.82 Å². The fraction of sp³-hybridized carbons (Fsp3) is 0.412. The largest absolute Gasteiger partial charge is 0.391 e. The molecule has 122 valence electrons. The van der Waals surface area contributed by atoms with E-state index in [0.717, 1.165) is 35.6 Å². The predicted octanol–water partition coefficient (Wildman–Crippen LogP) is 1.96. The fourth-order valence-electron chi connectivity index (χ4n) is 2.83. The lowest BCUT2D eigenvalue weighted by molar-refractivity contribution is -0.120. The van der Waals surface area contributed by atoms with Crippen molar-refractivity contribution in [1.29, 1.82) is 0 Å². The Labute approximate surface area is 140 Å². The number of β-amino-alcohol motifs (C(OH)–C–C–N with tert-alkyl or cyclic N) is 1. The highest BCUT2D eigenvalue weighted by molar-refractivity contribution is 7.10. The number of carbonyl (C=O) groups is 1. The van der Waals surface area contributed by atoms with Crippen molar-refractivity contribution in [2.24, 2.45) is 0 Å². The zero-order valence-corrected chi connectivity index (χ0v) is 13.8. The molecule has 1 amide bonds. The summed E-state index contributed by atoms with van der Waals surface area (Å²) in [6.07, 6.45) is 3.67. The summed E-state index contributed by atoms with van der Waals surface area (Å²) in [5.41, 5.74) is 0.987. The number of nitrogens with one attached hydrogen (secondary N) is 1. The molecule has 1 saturated heterocycles. The summed E-state index contributed by atoms with van der Waals surface area (Å²) in [6.45, 7) is 1.96. The van der Waals surface area contributed by atoms with E-state index in [1.165, 1.54) is 0 Å². The molecule has 3 heterocycles. The fourth-order valence-corrected chi connectivity index (χ4v) is 3.53. The van der Waals surface area contributed by atoms with E-state index in [0.29, 0.717) is 19.5 Å². The van der Waals surface area contributed by atoms with E-state index in [9.17, 15) is 9.90 Å². The maximum atomic E-state index is 12.0. The summed E-state index contributed by atoms with van der Waals surface area (Å²) in [6, 6.07) is 7.78. The van der Waals surface area contributed by atoms with Crippen LogP contribution in [0.1, 0.15) is 23.3 Å². The zero-order chi connectivity index (χ0) is 16.1. The van der Waals surface area contributed by atoms with Gasteiger partial charge in [0.25, 0.3) is 0 Å². The van der Waals surface area contributed by atoms with E-state index >= 15 is 0 Å². The zero-order valence-electron chi connectivity index (χ0n) is 12.9. The van der Waals surface area contributed by atoms with Crippen LogP contribution in [0.25, 0.3) is 0 Å². The third-order valence-electron chi connectivity index (χ3n) is 3.95. The molecule has 5 nitrogen and oxygen atoms in total. The van der Waals surface area contributed by atoms with Gasteiger partial charge in [0.05, 0.1) is 12.5 Å². The lowest BCUT2D eigenvalue weighted by Gasteiger charge is -2.32. The van der Waals surface area contributed by atoms with Crippen LogP contribution in [-0.2, 0) is 17.8 Å². The van der Waals surface area contributed by atoms with Gasteiger partial charge in [-0.15, -0.1) is 11.3 Å². The second kappa shape index (κ2) is 7.57. The lowest BCUT2D eigenvalue weighted by atomic mass is 10.1. The second-order valence-corrected chi connectivity index (χ2v) is 6.79. The number of pyridine rings is 1. The topological polar surface area (TPSA) is 65.5 Å². The van der Waals surface area contributed by atoms with Gasteiger partial charge in [-0.3, -0.25) is 4.79 Å². The molecule has 1 aliphatic rings. The molecule has 6 heteroatoms. The molecule has 0 aliphatic carbocycles. The van der Waals surface area contributed by atoms with E-state index in [2.05, 4.69) is 15.2 Å². The first-order valence-electron chi connectivity index (χ1n) is 7.88. The van der Waals surface area contributed by atoms with Gasteiger partial charge in [0.2, 0.25) is 5.91 Å². The van der Waals surface area contributed by atoms with Crippen LogP contribution >= 0.6 is 11.3 Å². The summed E-state index contributed by atoms with van der Waals surface area (Å²) in [7, 11) is 0. The molecule has 1 aliphatic heterocycles. The lowest BCUT2D eigenvalue weighted by Crippen LogP contribution is -2.39. The van der Waals surface area contributed by atoms with Gasteiger partial charge in [-0.1, -0.05) is 12.1 Å². The molecule has 2 aromatic heterocycles. The molecule has 0 unspecified atom stereocenters. The van der Waals surface area contributed by atoms with Crippen LogP contribution in [0, 0.1) is 0 Å². The summed E-state index contributed by atoms with van der Waals surface area (Å²) < 4.78 is 0. The molecule has 0 aromatic carbocycles. The second-order valence-electron chi connectivity index (χ2n) is 5.76. The number of anilines is 1. The Hall–Kier alpha value is -1.92. The average Bonchev–Trinajstić information content (AvgIpc) is 3.06. The normalized spacial score (nSPS) is 18.0. The third kappa shape index (κ3) is 4.30. The third-order valence-corrected chi connectivity index (χ3v) is 4.83. The number of carbonyl (C=O) groups excluding carboxylic acids is 1. The Morgan fingerprint density at radius 1 is 1.43 bits per heavy atom. The van der Waals surface area contributed by atoms with Gasteiger partial charge in [-0.05, 0) is 30.4 Å². The maximum absolute atomic E-state index is 12.0. The SMILES string of the molecule is O=C(Cc1cccs1)NCc1cccnc1N1CCC[C@H](O)C1. The molecule has 23 heavy (non-hydrogen) atoms. The van der Waals surface area contributed by atoms with Crippen molar-refractivity contribution >= 4 is 23.1 Å². The van der Waals surface area contributed by atoms with Gasteiger partial charge < -0.3 is 15.3 Å². The Bertz CT molecular complexity index is 645. The highest BCUT2D eigenvalue weighted by atomic mass is 32.1. The number of aliphatic hydroxyl groups is 1. The number of aromatic nitrogens is 1.